The summed E-state index contributed by atoms with van der Waals surface area (Å²) >= 11 is 0. The number of furan rings is 1. The summed E-state index contributed by atoms with van der Waals surface area (Å²) < 4.78 is 12.7. The Kier molecular flexibility index (Phi) is 3.58. The third-order valence-electron chi connectivity index (χ3n) is 3.49. The number of benzene rings is 1. The Labute approximate surface area is 127 Å². The van der Waals surface area contributed by atoms with Crippen molar-refractivity contribution >= 4 is 16.9 Å². The van der Waals surface area contributed by atoms with Gasteiger partial charge in [0.05, 0.1) is 30.4 Å². The van der Waals surface area contributed by atoms with Crippen LogP contribution in [0.4, 0.5) is 0 Å². The van der Waals surface area contributed by atoms with E-state index < -0.39 is 0 Å². The van der Waals surface area contributed by atoms with Gasteiger partial charge in [-0.1, -0.05) is 12.1 Å². The van der Waals surface area contributed by atoms with E-state index in [0.29, 0.717) is 17.9 Å². The van der Waals surface area contributed by atoms with Crippen LogP contribution in [0.25, 0.3) is 11.0 Å². The largest absolute Gasteiger partial charge is 0.492 e. The average Bonchev–Trinajstić information content (AvgIpc) is 3.04. The first-order chi connectivity index (χ1) is 10.6. The Hall–Kier alpha value is -2.76. The van der Waals surface area contributed by atoms with Crippen LogP contribution in [-0.2, 0) is 13.6 Å². The lowest BCUT2D eigenvalue weighted by atomic mass is 10.2. The smallest absolute Gasteiger partial charge is 0.291 e. The lowest BCUT2D eigenvalue weighted by Crippen LogP contribution is -2.24. The highest BCUT2D eigenvalue weighted by Crippen LogP contribution is 2.32. The lowest BCUT2D eigenvalue weighted by Gasteiger charge is -2.05. The van der Waals surface area contributed by atoms with Gasteiger partial charge in [-0.25, -0.2) is 0 Å². The van der Waals surface area contributed by atoms with Gasteiger partial charge in [-0.15, -0.1) is 0 Å². The monoisotopic (exact) mass is 299 g/mol. The molecular formula is C16H17N3O3. The second-order valence-corrected chi connectivity index (χ2v) is 5.04. The first-order valence-corrected chi connectivity index (χ1v) is 6.93. The minimum absolute atomic E-state index is 0.183. The van der Waals surface area contributed by atoms with Gasteiger partial charge in [0.15, 0.2) is 5.75 Å². The number of fused-ring (bicyclic) bond motifs is 1. The van der Waals surface area contributed by atoms with Crippen molar-refractivity contribution in [1.29, 1.82) is 0 Å². The Morgan fingerprint density at radius 1 is 1.41 bits per heavy atom. The zero-order valence-corrected chi connectivity index (χ0v) is 12.7. The van der Waals surface area contributed by atoms with Crippen LogP contribution in [0.2, 0.25) is 0 Å². The molecule has 0 bridgehead atoms. The van der Waals surface area contributed by atoms with Crippen LogP contribution in [0, 0.1) is 6.92 Å². The average molecular weight is 299 g/mol. The van der Waals surface area contributed by atoms with Gasteiger partial charge >= 0.3 is 0 Å². The van der Waals surface area contributed by atoms with E-state index in [1.165, 1.54) is 7.11 Å². The predicted octanol–water partition coefficient (Wildman–Crippen LogP) is 2.41. The first-order valence-electron chi connectivity index (χ1n) is 6.93. The van der Waals surface area contributed by atoms with Gasteiger partial charge in [-0.2, -0.15) is 5.10 Å². The summed E-state index contributed by atoms with van der Waals surface area (Å²) in [5.74, 6) is 0.323. The van der Waals surface area contributed by atoms with E-state index in [1.54, 1.807) is 10.7 Å². The van der Waals surface area contributed by atoms with Gasteiger partial charge in [-0.05, 0) is 25.1 Å². The van der Waals surface area contributed by atoms with Crippen LogP contribution >= 0.6 is 0 Å². The predicted molar refractivity (Wildman–Crippen MR) is 81.9 cm³/mol. The topological polar surface area (TPSA) is 69.3 Å². The number of hydrogen-bond acceptors (Lipinski definition) is 4. The van der Waals surface area contributed by atoms with Crippen molar-refractivity contribution in [3.05, 3.63) is 47.5 Å². The second-order valence-electron chi connectivity index (χ2n) is 5.04. The molecule has 3 aromatic rings. The molecule has 2 aromatic heterocycles. The van der Waals surface area contributed by atoms with Crippen LogP contribution in [0.5, 0.6) is 5.75 Å². The molecule has 0 saturated heterocycles. The highest BCUT2D eigenvalue weighted by Gasteiger charge is 2.21. The van der Waals surface area contributed by atoms with Crippen LogP contribution < -0.4 is 10.1 Å². The molecule has 3 rings (SSSR count). The van der Waals surface area contributed by atoms with Gasteiger partial charge in [0.25, 0.3) is 5.91 Å². The zero-order chi connectivity index (χ0) is 15.7. The van der Waals surface area contributed by atoms with E-state index in [-0.39, 0.29) is 11.7 Å². The summed E-state index contributed by atoms with van der Waals surface area (Å²) in [5.41, 5.74) is 2.45. The third kappa shape index (κ3) is 2.43. The number of hydrogen-bond donors (Lipinski definition) is 1. The van der Waals surface area contributed by atoms with Crippen molar-refractivity contribution in [2.75, 3.05) is 7.11 Å². The van der Waals surface area contributed by atoms with Crippen LogP contribution in [0.1, 0.15) is 21.9 Å². The number of para-hydroxylation sites is 1. The quantitative estimate of drug-likeness (QED) is 0.803. The summed E-state index contributed by atoms with van der Waals surface area (Å²) in [6.07, 6.45) is 0. The lowest BCUT2D eigenvalue weighted by molar-refractivity contribution is 0.0920. The number of methoxy groups -OCH3 is 1. The van der Waals surface area contributed by atoms with Gasteiger partial charge in [0.2, 0.25) is 5.76 Å². The van der Waals surface area contributed by atoms with E-state index >= 15 is 0 Å². The molecule has 2 heterocycles. The maximum atomic E-state index is 12.4. The van der Waals surface area contributed by atoms with Gasteiger partial charge in [0.1, 0.15) is 5.58 Å². The zero-order valence-electron chi connectivity index (χ0n) is 12.7. The molecule has 6 heteroatoms. The number of nitrogens with one attached hydrogen (secondary N) is 1. The first kappa shape index (κ1) is 14.2. The molecule has 22 heavy (non-hydrogen) atoms. The van der Waals surface area contributed by atoms with Crippen LogP contribution in [-0.4, -0.2) is 22.8 Å². The highest BCUT2D eigenvalue weighted by molar-refractivity contribution is 6.01. The standard InChI is InChI=1S/C16H17N3O3/c1-10-8-11(19(2)18-10)9-17-16(20)15-14(21-3)12-6-4-5-7-13(12)22-15/h4-8H,9H2,1-3H3,(H,17,20). The Morgan fingerprint density at radius 3 is 2.86 bits per heavy atom. The minimum Gasteiger partial charge on any atom is -0.492 e. The molecule has 1 amide bonds. The van der Waals surface area contributed by atoms with Crippen LogP contribution in [0.15, 0.2) is 34.7 Å². The Morgan fingerprint density at radius 2 is 2.18 bits per heavy atom. The molecule has 0 saturated carbocycles. The molecule has 0 aliphatic rings. The van der Waals surface area contributed by atoms with Gasteiger partial charge < -0.3 is 14.5 Å². The van der Waals surface area contributed by atoms with Crippen molar-refractivity contribution in [3.8, 4) is 5.75 Å². The normalized spacial score (nSPS) is 10.9. The molecule has 0 spiro atoms. The molecule has 6 nitrogen and oxygen atoms in total. The van der Waals surface area contributed by atoms with Gasteiger partial charge in [-0.3, -0.25) is 9.48 Å². The van der Waals surface area contributed by atoms with E-state index in [2.05, 4.69) is 10.4 Å². The molecule has 1 N–H and O–H groups in total. The number of rotatable bonds is 4. The minimum atomic E-state index is -0.313. The SMILES string of the molecule is COc1c(C(=O)NCc2cc(C)nn2C)oc2ccccc12. The fourth-order valence-electron chi connectivity index (χ4n) is 2.45. The number of ether oxygens (including phenoxy) is 1. The molecular weight excluding hydrogens is 282 g/mol. The van der Waals surface area contributed by atoms with Crippen LogP contribution in [0.3, 0.4) is 0 Å². The molecule has 0 unspecified atom stereocenters. The number of carbonyl (C=O) groups is 1. The summed E-state index contributed by atoms with van der Waals surface area (Å²) in [5, 5.41) is 7.86. The highest BCUT2D eigenvalue weighted by atomic mass is 16.5. The van der Waals surface area contributed by atoms with Crippen molar-refractivity contribution in [2.45, 2.75) is 13.5 Å². The number of nitrogens with zero attached hydrogens (tertiary/aromatic N) is 2. The molecule has 0 aliphatic heterocycles. The van der Waals surface area contributed by atoms with Crippen molar-refractivity contribution in [2.24, 2.45) is 7.05 Å². The fraction of sp³-hybridized carbons (Fsp3) is 0.250. The third-order valence-corrected chi connectivity index (χ3v) is 3.49. The Bertz CT molecular complexity index is 832. The van der Waals surface area contributed by atoms with Crippen molar-refractivity contribution in [3.63, 3.8) is 0 Å². The van der Waals surface area contributed by atoms with Crippen molar-refractivity contribution in [1.82, 2.24) is 15.1 Å². The summed E-state index contributed by atoms with van der Waals surface area (Å²) in [6.45, 7) is 2.28. The van der Waals surface area contributed by atoms with Gasteiger partial charge in [0, 0.05) is 7.05 Å². The molecule has 0 atom stereocenters. The number of carbonyl (C=O) groups excluding carboxylic acids is 1. The van der Waals surface area contributed by atoms with E-state index in [4.69, 9.17) is 9.15 Å². The van der Waals surface area contributed by atoms with E-state index in [0.717, 1.165) is 16.8 Å². The molecule has 0 radical (unpaired) electrons. The maximum absolute atomic E-state index is 12.4. The Balaban J connectivity index is 1.84. The molecule has 0 aliphatic carbocycles. The molecule has 0 fully saturated rings. The van der Waals surface area contributed by atoms with E-state index in [1.807, 2.05) is 38.2 Å². The maximum Gasteiger partial charge on any atom is 0.291 e. The molecule has 1 aromatic carbocycles. The van der Waals surface area contributed by atoms with E-state index in [9.17, 15) is 4.79 Å². The second kappa shape index (κ2) is 5.55. The number of amides is 1. The number of aromatic nitrogens is 2. The summed E-state index contributed by atoms with van der Waals surface area (Å²) in [6, 6.07) is 9.32. The fourth-order valence-corrected chi connectivity index (χ4v) is 2.45. The number of aryl methyl sites for hydroxylation is 2. The van der Waals surface area contributed by atoms with Crippen molar-refractivity contribution < 1.29 is 13.9 Å². The summed E-state index contributed by atoms with van der Waals surface area (Å²) in [7, 11) is 3.37. The summed E-state index contributed by atoms with van der Waals surface area (Å²) in [4.78, 5) is 12.4. The molecule has 114 valence electrons.